The molecule has 0 aliphatic carbocycles. The number of aliphatic imine (C=N–C) groups is 1. The van der Waals surface area contributed by atoms with E-state index in [1.165, 1.54) is 0 Å². The summed E-state index contributed by atoms with van der Waals surface area (Å²) in [7, 11) is -1.46. The summed E-state index contributed by atoms with van der Waals surface area (Å²) in [6.45, 7) is 6.44. The maximum atomic E-state index is 12.2. The summed E-state index contributed by atoms with van der Waals surface area (Å²) >= 11 is 6.06. The van der Waals surface area contributed by atoms with E-state index in [0.29, 0.717) is 36.3 Å². The first kappa shape index (κ1) is 25.0. The van der Waals surface area contributed by atoms with E-state index in [2.05, 4.69) is 15.6 Å². The molecule has 0 saturated carbocycles. The van der Waals surface area contributed by atoms with Gasteiger partial charge in [-0.3, -0.25) is 9.79 Å². The number of anilines is 1. The van der Waals surface area contributed by atoms with Crippen molar-refractivity contribution in [3.05, 3.63) is 28.8 Å². The quantitative estimate of drug-likeness (QED) is 0.347. The van der Waals surface area contributed by atoms with Gasteiger partial charge >= 0.3 is 0 Å². The molecule has 2 N–H and O–H groups in total. The molecule has 7 nitrogen and oxygen atoms in total. The molecule has 28 heavy (non-hydrogen) atoms. The van der Waals surface area contributed by atoms with Crippen LogP contribution in [0, 0.1) is 6.92 Å². The standard InChI is InChI=1S/C18H27ClN4O3S.HI/c1-13-14(19)6-5-7-15(13)22-16(24)8-9-21-17(20-4)23-10-11-27(25,26)18(2,3)12-23;/h5-7H,8-12H2,1-4H3,(H,20,21)(H,22,24);1H. The predicted molar refractivity (Wildman–Crippen MR) is 126 cm³/mol. The Bertz CT molecular complexity index is 843. The normalized spacial score (nSPS) is 18.2. The van der Waals surface area contributed by atoms with Crippen LogP contribution < -0.4 is 10.6 Å². The molecule has 1 heterocycles. The molecular weight excluding hydrogens is 515 g/mol. The van der Waals surface area contributed by atoms with Crippen molar-refractivity contribution in [2.75, 3.05) is 37.8 Å². The fourth-order valence-corrected chi connectivity index (χ4v) is 4.44. The van der Waals surface area contributed by atoms with Crippen LogP contribution in [0.15, 0.2) is 23.2 Å². The molecule has 0 aromatic heterocycles. The predicted octanol–water partition coefficient (Wildman–Crippen LogP) is 2.68. The molecule has 2 rings (SSSR count). The van der Waals surface area contributed by atoms with Crippen molar-refractivity contribution in [2.24, 2.45) is 4.99 Å². The van der Waals surface area contributed by atoms with Crippen molar-refractivity contribution in [1.29, 1.82) is 0 Å². The van der Waals surface area contributed by atoms with Gasteiger partial charge in [0, 0.05) is 43.8 Å². The first-order valence-corrected chi connectivity index (χ1v) is 10.8. The minimum Gasteiger partial charge on any atom is -0.356 e. The van der Waals surface area contributed by atoms with E-state index in [1.54, 1.807) is 33.0 Å². The lowest BCUT2D eigenvalue weighted by Gasteiger charge is -2.39. The Hall–Kier alpha value is -1.07. The number of rotatable bonds is 4. The second kappa shape index (κ2) is 10.1. The van der Waals surface area contributed by atoms with E-state index in [9.17, 15) is 13.2 Å². The van der Waals surface area contributed by atoms with Gasteiger partial charge < -0.3 is 15.5 Å². The number of benzene rings is 1. The largest absolute Gasteiger partial charge is 0.356 e. The fraction of sp³-hybridized carbons (Fsp3) is 0.556. The van der Waals surface area contributed by atoms with Crippen molar-refractivity contribution in [1.82, 2.24) is 10.2 Å². The first-order valence-electron chi connectivity index (χ1n) is 8.80. The third-order valence-corrected chi connectivity index (χ3v) is 7.67. The third kappa shape index (κ3) is 5.96. The van der Waals surface area contributed by atoms with Crippen LogP contribution in [0.3, 0.4) is 0 Å². The minimum atomic E-state index is -3.11. The molecule has 1 fully saturated rings. The van der Waals surface area contributed by atoms with Crippen molar-refractivity contribution < 1.29 is 13.2 Å². The van der Waals surface area contributed by atoms with E-state index in [-0.39, 0.29) is 42.1 Å². The smallest absolute Gasteiger partial charge is 0.226 e. The highest BCUT2D eigenvalue weighted by Crippen LogP contribution is 2.24. The topological polar surface area (TPSA) is 90.9 Å². The Morgan fingerprint density at radius 2 is 2.04 bits per heavy atom. The lowest BCUT2D eigenvalue weighted by atomic mass is 10.2. The second-order valence-electron chi connectivity index (χ2n) is 7.18. The summed E-state index contributed by atoms with van der Waals surface area (Å²) in [6.07, 6.45) is 0.251. The van der Waals surface area contributed by atoms with Gasteiger partial charge in [-0.25, -0.2) is 8.42 Å². The molecular formula is C18H28ClIN4O3S. The van der Waals surface area contributed by atoms with Crippen molar-refractivity contribution >= 4 is 63.0 Å². The zero-order valence-corrected chi connectivity index (χ0v) is 20.5. The zero-order chi connectivity index (χ0) is 20.2. The number of carbonyl (C=O) groups excluding carboxylic acids is 1. The number of hydrogen-bond donors (Lipinski definition) is 2. The highest BCUT2D eigenvalue weighted by atomic mass is 127. The molecule has 1 aromatic carbocycles. The summed E-state index contributed by atoms with van der Waals surface area (Å²) in [4.78, 5) is 18.3. The van der Waals surface area contributed by atoms with E-state index >= 15 is 0 Å². The average molecular weight is 543 g/mol. The second-order valence-corrected chi connectivity index (χ2v) is 10.3. The van der Waals surface area contributed by atoms with Gasteiger partial charge in [-0.2, -0.15) is 0 Å². The Morgan fingerprint density at radius 1 is 1.36 bits per heavy atom. The molecule has 0 unspecified atom stereocenters. The number of halogens is 2. The lowest BCUT2D eigenvalue weighted by Crippen LogP contribution is -2.57. The molecule has 10 heteroatoms. The molecule has 1 aliphatic heterocycles. The molecule has 0 spiro atoms. The van der Waals surface area contributed by atoms with E-state index < -0.39 is 14.6 Å². The number of carbonyl (C=O) groups is 1. The molecule has 1 saturated heterocycles. The summed E-state index contributed by atoms with van der Waals surface area (Å²) in [5, 5.41) is 6.60. The summed E-state index contributed by atoms with van der Waals surface area (Å²) in [5.74, 6) is 0.560. The van der Waals surface area contributed by atoms with Crippen molar-refractivity contribution in [3.63, 3.8) is 0 Å². The number of nitrogens with zero attached hydrogens (tertiary/aromatic N) is 2. The van der Waals surface area contributed by atoms with Crippen molar-refractivity contribution in [3.8, 4) is 0 Å². The van der Waals surface area contributed by atoms with Crippen LogP contribution in [0.1, 0.15) is 25.8 Å². The summed E-state index contributed by atoms with van der Waals surface area (Å²) < 4.78 is 23.4. The van der Waals surface area contributed by atoms with Gasteiger partial charge in [0.25, 0.3) is 0 Å². The Balaban J connectivity index is 0.00000392. The maximum absolute atomic E-state index is 12.2. The van der Waals surface area contributed by atoms with Gasteiger partial charge in [0.15, 0.2) is 15.8 Å². The Labute approximate surface area is 189 Å². The SMILES string of the molecule is CN=C(NCCC(=O)Nc1cccc(Cl)c1C)N1CCS(=O)(=O)C(C)(C)C1.I. The van der Waals surface area contributed by atoms with Gasteiger partial charge in [0.1, 0.15) is 0 Å². The minimum absolute atomic E-state index is 0. The fourth-order valence-electron chi connectivity index (χ4n) is 2.90. The van der Waals surface area contributed by atoms with Gasteiger partial charge in [-0.15, -0.1) is 24.0 Å². The van der Waals surface area contributed by atoms with Gasteiger partial charge in [-0.05, 0) is 38.5 Å². The number of amides is 1. The summed E-state index contributed by atoms with van der Waals surface area (Å²) in [6, 6.07) is 5.37. The monoisotopic (exact) mass is 542 g/mol. The van der Waals surface area contributed by atoms with Crippen LogP contribution in [0.5, 0.6) is 0 Å². The average Bonchev–Trinajstić information content (AvgIpc) is 2.58. The maximum Gasteiger partial charge on any atom is 0.226 e. The number of nitrogens with one attached hydrogen (secondary N) is 2. The zero-order valence-electron chi connectivity index (χ0n) is 16.6. The van der Waals surface area contributed by atoms with Crippen LogP contribution in [-0.4, -0.2) is 62.4 Å². The van der Waals surface area contributed by atoms with Crippen LogP contribution in [0.4, 0.5) is 5.69 Å². The third-order valence-electron chi connectivity index (χ3n) is 4.73. The molecule has 1 aliphatic rings. The molecule has 158 valence electrons. The van der Waals surface area contributed by atoms with Crippen LogP contribution in [-0.2, 0) is 14.6 Å². The highest BCUT2D eigenvalue weighted by Gasteiger charge is 2.40. The van der Waals surface area contributed by atoms with Crippen LogP contribution in [0.2, 0.25) is 5.02 Å². The van der Waals surface area contributed by atoms with Gasteiger partial charge in [-0.1, -0.05) is 17.7 Å². The molecule has 0 radical (unpaired) electrons. The van der Waals surface area contributed by atoms with E-state index in [4.69, 9.17) is 11.6 Å². The number of guanidine groups is 1. The molecule has 0 atom stereocenters. The number of hydrogen-bond acceptors (Lipinski definition) is 4. The van der Waals surface area contributed by atoms with Crippen molar-refractivity contribution in [2.45, 2.75) is 31.9 Å². The summed E-state index contributed by atoms with van der Waals surface area (Å²) in [5.41, 5.74) is 1.52. The highest BCUT2D eigenvalue weighted by molar-refractivity contribution is 14.0. The number of sulfone groups is 1. The van der Waals surface area contributed by atoms with E-state index in [1.807, 2.05) is 17.9 Å². The Kier molecular flexibility index (Phi) is 9.01. The van der Waals surface area contributed by atoms with Gasteiger partial charge in [0.05, 0.1) is 10.5 Å². The molecule has 1 aromatic rings. The molecule has 1 amide bonds. The van der Waals surface area contributed by atoms with E-state index in [0.717, 1.165) is 5.56 Å². The molecule has 0 bridgehead atoms. The first-order chi connectivity index (χ1) is 12.6. The lowest BCUT2D eigenvalue weighted by molar-refractivity contribution is -0.116. The van der Waals surface area contributed by atoms with Crippen LogP contribution >= 0.6 is 35.6 Å². The van der Waals surface area contributed by atoms with Gasteiger partial charge in [0.2, 0.25) is 5.91 Å². The Morgan fingerprint density at radius 3 is 2.64 bits per heavy atom. The van der Waals surface area contributed by atoms with Crippen LogP contribution in [0.25, 0.3) is 0 Å².